The van der Waals surface area contributed by atoms with Crippen molar-refractivity contribution in [2.45, 2.75) is 30.4 Å². The number of carboxylic acid groups (broad SMARTS) is 1. The molecule has 0 radical (unpaired) electrons. The Morgan fingerprint density at radius 3 is 2.71 bits per heavy atom. The van der Waals surface area contributed by atoms with Crippen molar-refractivity contribution in [1.29, 1.82) is 0 Å². The summed E-state index contributed by atoms with van der Waals surface area (Å²) in [7, 11) is 0. The van der Waals surface area contributed by atoms with Crippen LogP contribution in [0.4, 0.5) is 0 Å². The molecular formula is C10H17NO2S. The molecule has 80 valence electrons. The van der Waals surface area contributed by atoms with Crippen molar-refractivity contribution < 1.29 is 9.90 Å². The predicted molar refractivity (Wildman–Crippen MR) is 59.5 cm³/mol. The number of thioether (sulfide) groups is 1. The molecule has 3 nitrogen and oxygen atoms in total. The van der Waals surface area contributed by atoms with E-state index in [-0.39, 0.29) is 0 Å². The summed E-state index contributed by atoms with van der Waals surface area (Å²) < 4.78 is 0.336. The molecule has 0 unspecified atom stereocenters. The van der Waals surface area contributed by atoms with Crippen LogP contribution >= 0.6 is 11.8 Å². The lowest BCUT2D eigenvalue weighted by molar-refractivity contribution is -0.131. The van der Waals surface area contributed by atoms with Gasteiger partial charge in [-0.2, -0.15) is 11.8 Å². The minimum Gasteiger partial charge on any atom is -0.478 e. The van der Waals surface area contributed by atoms with Gasteiger partial charge in [-0.1, -0.05) is 12.8 Å². The van der Waals surface area contributed by atoms with Crippen molar-refractivity contribution in [2.75, 3.05) is 12.8 Å². The molecule has 0 aliphatic heterocycles. The van der Waals surface area contributed by atoms with Gasteiger partial charge in [-0.15, -0.1) is 0 Å². The molecule has 1 rings (SSSR count). The van der Waals surface area contributed by atoms with Gasteiger partial charge in [0.15, 0.2) is 0 Å². The summed E-state index contributed by atoms with van der Waals surface area (Å²) in [5, 5.41) is 11.5. The molecule has 0 heterocycles. The van der Waals surface area contributed by atoms with E-state index in [9.17, 15) is 4.79 Å². The largest absolute Gasteiger partial charge is 0.478 e. The molecule has 0 aromatic carbocycles. The third-order valence-corrected chi connectivity index (χ3v) is 4.13. The van der Waals surface area contributed by atoms with Gasteiger partial charge in [0.1, 0.15) is 0 Å². The van der Waals surface area contributed by atoms with Crippen molar-refractivity contribution >= 4 is 17.7 Å². The molecule has 0 amide bonds. The summed E-state index contributed by atoms with van der Waals surface area (Å²) in [5.41, 5.74) is 0. The zero-order valence-corrected chi connectivity index (χ0v) is 9.27. The number of carbonyl (C=O) groups is 1. The Hall–Kier alpha value is -0.640. The van der Waals surface area contributed by atoms with Gasteiger partial charge in [0.25, 0.3) is 0 Å². The van der Waals surface area contributed by atoms with E-state index in [1.54, 1.807) is 0 Å². The smallest absolute Gasteiger partial charge is 0.329 e. The summed E-state index contributed by atoms with van der Waals surface area (Å²) >= 11 is 1.89. The van der Waals surface area contributed by atoms with Crippen molar-refractivity contribution in [3.8, 4) is 0 Å². The van der Waals surface area contributed by atoms with E-state index in [1.807, 2.05) is 11.8 Å². The second kappa shape index (κ2) is 5.29. The molecule has 1 aliphatic rings. The first-order valence-electron chi connectivity index (χ1n) is 4.87. The maximum Gasteiger partial charge on any atom is 0.329 e. The third kappa shape index (κ3) is 3.25. The molecule has 14 heavy (non-hydrogen) atoms. The fraction of sp³-hybridized carbons (Fsp3) is 0.700. The maximum absolute atomic E-state index is 10.2. The van der Waals surface area contributed by atoms with Gasteiger partial charge in [0.2, 0.25) is 0 Å². The van der Waals surface area contributed by atoms with Gasteiger partial charge in [0, 0.05) is 23.6 Å². The lowest BCUT2D eigenvalue weighted by Crippen LogP contribution is -2.32. The minimum atomic E-state index is -0.901. The van der Waals surface area contributed by atoms with Crippen molar-refractivity contribution in [3.63, 3.8) is 0 Å². The average molecular weight is 215 g/mol. The Balaban J connectivity index is 2.31. The number of rotatable bonds is 5. The predicted octanol–water partition coefficient (Wildman–Crippen LogP) is 1.85. The summed E-state index contributed by atoms with van der Waals surface area (Å²) in [4.78, 5) is 10.2. The number of carboxylic acids is 1. The first kappa shape index (κ1) is 11.4. The Morgan fingerprint density at radius 2 is 2.21 bits per heavy atom. The molecule has 1 aliphatic carbocycles. The second-order valence-corrected chi connectivity index (χ2v) is 4.92. The van der Waals surface area contributed by atoms with E-state index in [0.717, 1.165) is 12.6 Å². The van der Waals surface area contributed by atoms with Crippen LogP contribution in [-0.4, -0.2) is 28.6 Å². The zero-order chi connectivity index (χ0) is 10.4. The van der Waals surface area contributed by atoms with E-state index >= 15 is 0 Å². The Labute approximate surface area is 89.0 Å². The standard InChI is InChI=1S/C10H17NO2S/c1-14-10(5-2-3-6-10)8-11-7-4-9(12)13/h4,7,11H,2-3,5-6,8H2,1H3,(H,12,13)/b7-4+. The molecule has 0 bridgehead atoms. The summed E-state index contributed by atoms with van der Waals surface area (Å²) in [6, 6.07) is 0. The molecule has 1 fully saturated rings. The van der Waals surface area contributed by atoms with E-state index in [1.165, 1.54) is 31.9 Å². The highest BCUT2D eigenvalue weighted by Crippen LogP contribution is 2.39. The van der Waals surface area contributed by atoms with Crippen LogP contribution in [0.3, 0.4) is 0 Å². The van der Waals surface area contributed by atoms with Gasteiger partial charge >= 0.3 is 5.97 Å². The lowest BCUT2D eigenvalue weighted by atomic mass is 10.1. The van der Waals surface area contributed by atoms with Crippen LogP contribution in [0.2, 0.25) is 0 Å². The zero-order valence-electron chi connectivity index (χ0n) is 8.45. The van der Waals surface area contributed by atoms with Gasteiger partial charge in [0.05, 0.1) is 0 Å². The number of hydrogen-bond donors (Lipinski definition) is 2. The highest BCUT2D eigenvalue weighted by molar-refractivity contribution is 8.00. The fourth-order valence-corrected chi connectivity index (χ4v) is 2.77. The van der Waals surface area contributed by atoms with Crippen molar-refractivity contribution in [1.82, 2.24) is 5.32 Å². The summed E-state index contributed by atoms with van der Waals surface area (Å²) in [6.07, 6.45) is 9.87. The second-order valence-electron chi connectivity index (χ2n) is 3.65. The Kier molecular flexibility index (Phi) is 4.32. The SMILES string of the molecule is CSC1(CN/C=C/C(=O)O)CCCC1. The monoisotopic (exact) mass is 215 g/mol. The molecule has 1 saturated carbocycles. The van der Waals surface area contributed by atoms with Crippen molar-refractivity contribution in [2.24, 2.45) is 0 Å². The average Bonchev–Trinajstić information content (AvgIpc) is 2.62. The van der Waals surface area contributed by atoms with E-state index in [2.05, 4.69) is 11.6 Å². The van der Waals surface area contributed by atoms with Crippen molar-refractivity contribution in [3.05, 3.63) is 12.3 Å². The molecule has 0 saturated heterocycles. The Morgan fingerprint density at radius 1 is 1.57 bits per heavy atom. The number of aliphatic carboxylic acids is 1. The van der Waals surface area contributed by atoms with Gasteiger partial charge in [-0.05, 0) is 19.1 Å². The number of nitrogens with one attached hydrogen (secondary N) is 1. The third-order valence-electron chi connectivity index (χ3n) is 2.72. The first-order chi connectivity index (χ1) is 6.68. The fourth-order valence-electron chi connectivity index (χ4n) is 1.85. The van der Waals surface area contributed by atoms with Crippen LogP contribution in [0.1, 0.15) is 25.7 Å². The molecule has 0 aromatic heterocycles. The number of hydrogen-bond acceptors (Lipinski definition) is 3. The maximum atomic E-state index is 10.2. The molecule has 4 heteroatoms. The highest BCUT2D eigenvalue weighted by atomic mass is 32.2. The molecule has 0 atom stereocenters. The highest BCUT2D eigenvalue weighted by Gasteiger charge is 2.32. The molecule has 0 aromatic rings. The topological polar surface area (TPSA) is 49.3 Å². The molecular weight excluding hydrogens is 198 g/mol. The Bertz CT molecular complexity index is 222. The van der Waals surface area contributed by atoms with Crippen LogP contribution < -0.4 is 5.32 Å². The molecule has 0 spiro atoms. The normalized spacial score (nSPS) is 20.1. The minimum absolute atomic E-state index is 0.336. The van der Waals surface area contributed by atoms with E-state index < -0.39 is 5.97 Å². The van der Waals surface area contributed by atoms with Crippen LogP contribution in [0.5, 0.6) is 0 Å². The lowest BCUT2D eigenvalue weighted by Gasteiger charge is -2.26. The van der Waals surface area contributed by atoms with Crippen LogP contribution in [0.25, 0.3) is 0 Å². The van der Waals surface area contributed by atoms with Gasteiger partial charge in [-0.3, -0.25) is 0 Å². The van der Waals surface area contributed by atoms with Crippen LogP contribution in [0.15, 0.2) is 12.3 Å². The summed E-state index contributed by atoms with van der Waals surface area (Å²) in [6.45, 7) is 0.873. The van der Waals surface area contributed by atoms with E-state index in [0.29, 0.717) is 4.75 Å². The van der Waals surface area contributed by atoms with Crippen LogP contribution in [-0.2, 0) is 4.79 Å². The first-order valence-corrected chi connectivity index (χ1v) is 6.09. The van der Waals surface area contributed by atoms with E-state index in [4.69, 9.17) is 5.11 Å². The van der Waals surface area contributed by atoms with Gasteiger partial charge in [-0.25, -0.2) is 4.79 Å². The van der Waals surface area contributed by atoms with Crippen LogP contribution in [0, 0.1) is 0 Å². The quantitative estimate of drug-likeness (QED) is 0.687. The summed E-state index contributed by atoms with van der Waals surface area (Å²) in [5.74, 6) is -0.901. The molecule has 2 N–H and O–H groups in total. The van der Waals surface area contributed by atoms with Gasteiger partial charge < -0.3 is 10.4 Å².